The van der Waals surface area contributed by atoms with Crippen molar-refractivity contribution in [3.63, 3.8) is 0 Å². The Morgan fingerprint density at radius 2 is 2.11 bits per heavy atom. The fraction of sp³-hybridized carbons (Fsp3) is 0.333. The lowest BCUT2D eigenvalue weighted by Gasteiger charge is -2.28. The fourth-order valence-corrected chi connectivity index (χ4v) is 2.04. The van der Waals surface area contributed by atoms with Gasteiger partial charge in [-0.3, -0.25) is 4.98 Å². The Bertz CT molecular complexity index is 629. The number of para-hydroxylation sites is 1. The topological polar surface area (TPSA) is 68.9 Å². The molecule has 0 saturated heterocycles. The molecule has 0 saturated carbocycles. The number of aromatic nitrogens is 1. The van der Waals surface area contributed by atoms with Crippen LogP contribution in [0.1, 0.15) is 25.8 Å². The highest BCUT2D eigenvalue weighted by Gasteiger charge is 2.20. The van der Waals surface area contributed by atoms with Crippen molar-refractivity contribution in [2.24, 2.45) is 0 Å². The molecule has 2 rings (SSSR count). The lowest BCUT2D eigenvalue weighted by atomic mass is 9.99. The minimum absolute atomic E-state index is 0.102. The summed E-state index contributed by atoms with van der Waals surface area (Å²) in [5, 5.41) is 22.6. The number of nitrogens with one attached hydrogen (secondary N) is 1. The third-order valence-corrected chi connectivity index (χ3v) is 3.10. The summed E-state index contributed by atoms with van der Waals surface area (Å²) in [6.45, 7) is 4.10. The minimum Gasteiger partial charge on any atom is -0.396 e. The molecule has 0 radical (unpaired) electrons. The number of nitriles is 1. The van der Waals surface area contributed by atoms with Crippen LogP contribution >= 0.6 is 0 Å². The van der Waals surface area contributed by atoms with Crippen LogP contribution < -0.4 is 5.32 Å². The molecule has 19 heavy (non-hydrogen) atoms. The molecule has 1 aromatic carbocycles. The number of nitrogens with zero attached hydrogens (tertiary/aromatic N) is 2. The average molecular weight is 255 g/mol. The molecule has 0 spiro atoms. The summed E-state index contributed by atoms with van der Waals surface area (Å²) in [5.74, 6) is 0. The SMILES string of the molecule is CC(C)(CCO)Nc1c(C#N)cnc2ccccc12. The molecule has 4 heteroatoms. The van der Waals surface area contributed by atoms with E-state index in [9.17, 15) is 5.26 Å². The Labute approximate surface area is 112 Å². The number of aliphatic hydroxyl groups is 1. The molecular weight excluding hydrogens is 238 g/mol. The van der Waals surface area contributed by atoms with Crippen LogP contribution in [0.4, 0.5) is 5.69 Å². The highest BCUT2D eigenvalue weighted by molar-refractivity contribution is 5.94. The molecule has 2 N–H and O–H groups in total. The quantitative estimate of drug-likeness (QED) is 0.881. The number of benzene rings is 1. The molecule has 2 aromatic rings. The number of fused-ring (bicyclic) bond motifs is 1. The maximum atomic E-state index is 9.23. The molecule has 0 aliphatic carbocycles. The molecule has 0 atom stereocenters. The lowest BCUT2D eigenvalue weighted by molar-refractivity contribution is 0.261. The van der Waals surface area contributed by atoms with E-state index >= 15 is 0 Å². The third kappa shape index (κ3) is 2.83. The van der Waals surface area contributed by atoms with Crippen LogP contribution in [0.5, 0.6) is 0 Å². The summed E-state index contributed by atoms with van der Waals surface area (Å²) in [6.07, 6.45) is 2.19. The Hall–Kier alpha value is -2.12. The van der Waals surface area contributed by atoms with Crippen LogP contribution in [0.25, 0.3) is 10.9 Å². The summed E-state index contributed by atoms with van der Waals surface area (Å²) in [4.78, 5) is 4.28. The second-order valence-corrected chi connectivity index (χ2v) is 5.16. The monoisotopic (exact) mass is 255 g/mol. The van der Waals surface area contributed by atoms with E-state index in [4.69, 9.17) is 5.11 Å². The first-order valence-corrected chi connectivity index (χ1v) is 6.24. The van der Waals surface area contributed by atoms with Crippen LogP contribution in [-0.4, -0.2) is 22.2 Å². The summed E-state index contributed by atoms with van der Waals surface area (Å²) in [5.41, 5.74) is 1.87. The normalized spacial score (nSPS) is 11.3. The summed E-state index contributed by atoms with van der Waals surface area (Å²) in [6, 6.07) is 9.87. The van der Waals surface area contributed by atoms with Crippen LogP contribution in [0.3, 0.4) is 0 Å². The van der Waals surface area contributed by atoms with Crippen molar-refractivity contribution in [1.82, 2.24) is 4.98 Å². The number of hydrogen-bond acceptors (Lipinski definition) is 4. The van der Waals surface area contributed by atoms with Crippen LogP contribution in [0.2, 0.25) is 0 Å². The zero-order valence-corrected chi connectivity index (χ0v) is 11.1. The van der Waals surface area contributed by atoms with Crippen LogP contribution in [-0.2, 0) is 0 Å². The van der Waals surface area contributed by atoms with E-state index in [0.29, 0.717) is 12.0 Å². The Kier molecular flexibility index (Phi) is 3.68. The first kappa shape index (κ1) is 13.3. The molecule has 0 aliphatic heterocycles. The van der Waals surface area contributed by atoms with Crippen molar-refractivity contribution in [3.05, 3.63) is 36.0 Å². The maximum Gasteiger partial charge on any atom is 0.103 e. The molecule has 0 aliphatic rings. The molecule has 0 unspecified atom stereocenters. The van der Waals surface area contributed by atoms with Gasteiger partial charge in [-0.25, -0.2) is 0 Å². The van der Waals surface area contributed by atoms with Gasteiger partial charge in [-0.05, 0) is 26.3 Å². The van der Waals surface area contributed by atoms with E-state index in [1.54, 1.807) is 6.20 Å². The first-order valence-electron chi connectivity index (χ1n) is 6.24. The molecular formula is C15H17N3O. The van der Waals surface area contributed by atoms with Gasteiger partial charge in [0.2, 0.25) is 0 Å². The van der Waals surface area contributed by atoms with Crippen molar-refractivity contribution in [2.45, 2.75) is 25.8 Å². The van der Waals surface area contributed by atoms with Gasteiger partial charge >= 0.3 is 0 Å². The molecule has 0 amide bonds. The minimum atomic E-state index is -0.287. The lowest BCUT2D eigenvalue weighted by Crippen LogP contribution is -2.32. The van der Waals surface area contributed by atoms with Crippen LogP contribution in [0.15, 0.2) is 30.5 Å². The number of anilines is 1. The summed E-state index contributed by atoms with van der Waals surface area (Å²) in [7, 11) is 0. The Balaban J connectivity index is 2.54. The summed E-state index contributed by atoms with van der Waals surface area (Å²) < 4.78 is 0. The second-order valence-electron chi connectivity index (χ2n) is 5.16. The van der Waals surface area contributed by atoms with E-state index < -0.39 is 0 Å². The Morgan fingerprint density at radius 3 is 2.79 bits per heavy atom. The predicted molar refractivity (Wildman–Crippen MR) is 75.9 cm³/mol. The number of pyridine rings is 1. The van der Waals surface area contributed by atoms with E-state index in [1.165, 1.54) is 0 Å². The van der Waals surface area contributed by atoms with Gasteiger partial charge in [-0.2, -0.15) is 5.26 Å². The van der Waals surface area contributed by atoms with Gasteiger partial charge in [0.1, 0.15) is 6.07 Å². The van der Waals surface area contributed by atoms with Gasteiger partial charge in [0.25, 0.3) is 0 Å². The maximum absolute atomic E-state index is 9.23. The van der Waals surface area contributed by atoms with E-state index in [-0.39, 0.29) is 12.1 Å². The van der Waals surface area contributed by atoms with E-state index in [1.807, 2.05) is 38.1 Å². The third-order valence-electron chi connectivity index (χ3n) is 3.10. The molecule has 1 heterocycles. The van der Waals surface area contributed by atoms with Crippen molar-refractivity contribution < 1.29 is 5.11 Å². The smallest absolute Gasteiger partial charge is 0.103 e. The van der Waals surface area contributed by atoms with Gasteiger partial charge in [-0.1, -0.05) is 18.2 Å². The van der Waals surface area contributed by atoms with Gasteiger partial charge in [0.15, 0.2) is 0 Å². The van der Waals surface area contributed by atoms with Gasteiger partial charge in [0, 0.05) is 23.7 Å². The van der Waals surface area contributed by atoms with Crippen molar-refractivity contribution in [1.29, 1.82) is 5.26 Å². The van der Waals surface area contributed by atoms with Crippen LogP contribution in [0, 0.1) is 11.3 Å². The number of aliphatic hydroxyl groups excluding tert-OH is 1. The van der Waals surface area contributed by atoms with E-state index in [0.717, 1.165) is 16.6 Å². The van der Waals surface area contributed by atoms with Crippen molar-refractivity contribution in [3.8, 4) is 6.07 Å². The number of hydrogen-bond donors (Lipinski definition) is 2. The highest BCUT2D eigenvalue weighted by atomic mass is 16.3. The summed E-state index contributed by atoms with van der Waals surface area (Å²) >= 11 is 0. The number of rotatable bonds is 4. The second kappa shape index (κ2) is 5.25. The van der Waals surface area contributed by atoms with E-state index in [2.05, 4.69) is 16.4 Å². The molecule has 0 bridgehead atoms. The van der Waals surface area contributed by atoms with Gasteiger partial charge < -0.3 is 10.4 Å². The zero-order chi connectivity index (χ0) is 13.9. The zero-order valence-electron chi connectivity index (χ0n) is 11.1. The molecule has 0 fully saturated rings. The fourth-order valence-electron chi connectivity index (χ4n) is 2.04. The standard InChI is InChI=1S/C15H17N3O/c1-15(2,7-8-19)18-14-11(9-16)10-17-13-6-4-3-5-12(13)14/h3-6,10,19H,7-8H2,1-2H3,(H,17,18). The highest BCUT2D eigenvalue weighted by Crippen LogP contribution is 2.28. The van der Waals surface area contributed by atoms with Gasteiger partial charge in [-0.15, -0.1) is 0 Å². The first-order chi connectivity index (χ1) is 9.07. The van der Waals surface area contributed by atoms with Gasteiger partial charge in [0.05, 0.1) is 16.8 Å². The predicted octanol–water partition coefficient (Wildman–Crippen LogP) is 2.68. The molecule has 1 aromatic heterocycles. The van der Waals surface area contributed by atoms with Crippen molar-refractivity contribution in [2.75, 3.05) is 11.9 Å². The molecule has 98 valence electrons. The molecule has 4 nitrogen and oxygen atoms in total. The largest absolute Gasteiger partial charge is 0.396 e. The Morgan fingerprint density at radius 1 is 1.37 bits per heavy atom. The average Bonchev–Trinajstić information content (AvgIpc) is 2.38. The van der Waals surface area contributed by atoms with Crippen molar-refractivity contribution >= 4 is 16.6 Å².